The van der Waals surface area contributed by atoms with E-state index < -0.39 is 10.0 Å². The second kappa shape index (κ2) is 6.03. The molecule has 1 fully saturated rings. The molecule has 0 bridgehead atoms. The van der Waals surface area contributed by atoms with Crippen LogP contribution in [-0.2, 0) is 10.0 Å². The van der Waals surface area contributed by atoms with E-state index in [4.69, 9.17) is 0 Å². The van der Waals surface area contributed by atoms with Gasteiger partial charge < -0.3 is 5.32 Å². The summed E-state index contributed by atoms with van der Waals surface area (Å²) in [6.45, 7) is 5.98. The summed E-state index contributed by atoms with van der Waals surface area (Å²) in [5.41, 5.74) is 1.08. The normalized spacial score (nSPS) is 23.2. The van der Waals surface area contributed by atoms with Crippen molar-refractivity contribution in [3.8, 4) is 0 Å². The molecular formula is C14H22N2O2S. The van der Waals surface area contributed by atoms with Crippen molar-refractivity contribution in [1.29, 1.82) is 0 Å². The van der Waals surface area contributed by atoms with Gasteiger partial charge in [-0.3, -0.25) is 0 Å². The maximum atomic E-state index is 12.5. The van der Waals surface area contributed by atoms with E-state index in [1.807, 2.05) is 44.2 Å². The average Bonchev–Trinajstić information content (AvgIpc) is 2.39. The van der Waals surface area contributed by atoms with Gasteiger partial charge in [0.25, 0.3) is 0 Å². The van der Waals surface area contributed by atoms with E-state index in [2.05, 4.69) is 5.32 Å². The van der Waals surface area contributed by atoms with Crippen LogP contribution in [0.25, 0.3) is 0 Å². The van der Waals surface area contributed by atoms with Gasteiger partial charge in [-0.15, -0.1) is 0 Å². The molecule has 0 amide bonds. The molecule has 0 spiro atoms. The maximum Gasteiger partial charge on any atom is 0.215 e. The van der Waals surface area contributed by atoms with Crippen molar-refractivity contribution in [1.82, 2.24) is 9.62 Å². The Balaban J connectivity index is 2.08. The summed E-state index contributed by atoms with van der Waals surface area (Å²) in [7, 11) is -3.19. The third-order valence-corrected chi connectivity index (χ3v) is 5.81. The van der Waals surface area contributed by atoms with Crippen LogP contribution >= 0.6 is 0 Å². The Kier molecular flexibility index (Phi) is 4.60. The molecule has 1 aromatic carbocycles. The van der Waals surface area contributed by atoms with Crippen molar-refractivity contribution in [2.45, 2.75) is 25.8 Å². The number of benzene rings is 1. The zero-order valence-corrected chi connectivity index (χ0v) is 12.4. The summed E-state index contributed by atoms with van der Waals surface area (Å²) in [6, 6.07) is 9.87. The molecule has 4 nitrogen and oxygen atoms in total. The van der Waals surface area contributed by atoms with Gasteiger partial charge in [0.05, 0.1) is 5.75 Å². The number of hydrogen-bond acceptors (Lipinski definition) is 3. The van der Waals surface area contributed by atoms with E-state index in [1.165, 1.54) is 0 Å². The summed E-state index contributed by atoms with van der Waals surface area (Å²) in [6.07, 6.45) is 0. The monoisotopic (exact) mass is 282 g/mol. The summed E-state index contributed by atoms with van der Waals surface area (Å²) in [5.74, 6) is 0.203. The lowest BCUT2D eigenvalue weighted by Crippen LogP contribution is -2.53. The van der Waals surface area contributed by atoms with Crippen LogP contribution in [0.2, 0.25) is 0 Å². The van der Waals surface area contributed by atoms with E-state index >= 15 is 0 Å². The maximum absolute atomic E-state index is 12.5. The first-order valence-corrected chi connectivity index (χ1v) is 8.37. The van der Waals surface area contributed by atoms with E-state index in [0.717, 1.165) is 18.7 Å². The largest absolute Gasteiger partial charge is 0.314 e. The molecule has 1 aliphatic rings. The fraction of sp³-hybridized carbons (Fsp3) is 0.571. The van der Waals surface area contributed by atoms with Crippen molar-refractivity contribution in [3.63, 3.8) is 0 Å². The van der Waals surface area contributed by atoms with Gasteiger partial charge in [0.2, 0.25) is 10.0 Å². The van der Waals surface area contributed by atoms with E-state index in [1.54, 1.807) is 4.31 Å². The molecule has 0 radical (unpaired) electrons. The summed E-state index contributed by atoms with van der Waals surface area (Å²) in [5, 5.41) is 3.22. The van der Waals surface area contributed by atoms with Crippen molar-refractivity contribution >= 4 is 10.0 Å². The predicted octanol–water partition coefficient (Wildman–Crippen LogP) is 1.41. The first-order valence-electron chi connectivity index (χ1n) is 6.76. The lowest BCUT2D eigenvalue weighted by atomic mass is 10.0. The SMILES string of the molecule is CC(CS(=O)(=O)N1CCNC[C@H]1C)c1ccccc1. The molecule has 1 saturated heterocycles. The average molecular weight is 282 g/mol. The highest BCUT2D eigenvalue weighted by atomic mass is 32.2. The Morgan fingerprint density at radius 3 is 2.68 bits per heavy atom. The molecular weight excluding hydrogens is 260 g/mol. The minimum atomic E-state index is -3.19. The fourth-order valence-corrected chi connectivity index (χ4v) is 4.53. The summed E-state index contributed by atoms with van der Waals surface area (Å²) < 4.78 is 26.6. The van der Waals surface area contributed by atoms with E-state index in [-0.39, 0.29) is 17.7 Å². The third kappa shape index (κ3) is 3.55. The van der Waals surface area contributed by atoms with Crippen LogP contribution in [0, 0.1) is 0 Å². The van der Waals surface area contributed by atoms with Crippen LogP contribution in [-0.4, -0.2) is 44.2 Å². The van der Waals surface area contributed by atoms with Gasteiger partial charge in [0.1, 0.15) is 0 Å². The molecule has 1 aliphatic heterocycles. The molecule has 1 aromatic rings. The number of sulfonamides is 1. The van der Waals surface area contributed by atoms with Crippen LogP contribution in [0.5, 0.6) is 0 Å². The second-order valence-electron chi connectivity index (χ2n) is 5.25. The Labute approximate surface area is 115 Å². The first-order chi connectivity index (χ1) is 9.00. The molecule has 0 saturated carbocycles. The highest BCUT2D eigenvalue weighted by Gasteiger charge is 2.30. The molecule has 1 N–H and O–H groups in total. The number of nitrogens with one attached hydrogen (secondary N) is 1. The third-order valence-electron chi connectivity index (χ3n) is 3.63. The minimum absolute atomic E-state index is 0.0216. The molecule has 5 heteroatoms. The van der Waals surface area contributed by atoms with Gasteiger partial charge in [-0.05, 0) is 18.4 Å². The van der Waals surface area contributed by atoms with Gasteiger partial charge in [0.15, 0.2) is 0 Å². The predicted molar refractivity (Wildman–Crippen MR) is 77.7 cm³/mol. The summed E-state index contributed by atoms with van der Waals surface area (Å²) >= 11 is 0. The molecule has 19 heavy (non-hydrogen) atoms. The van der Waals surface area contributed by atoms with Crippen LogP contribution in [0.1, 0.15) is 25.3 Å². The zero-order chi connectivity index (χ0) is 13.9. The lowest BCUT2D eigenvalue weighted by Gasteiger charge is -2.33. The van der Waals surface area contributed by atoms with Crippen LogP contribution in [0.15, 0.2) is 30.3 Å². The smallest absolute Gasteiger partial charge is 0.215 e. The van der Waals surface area contributed by atoms with Gasteiger partial charge in [0, 0.05) is 25.7 Å². The highest BCUT2D eigenvalue weighted by molar-refractivity contribution is 7.89. The molecule has 0 aromatic heterocycles. The molecule has 1 unspecified atom stereocenters. The van der Waals surface area contributed by atoms with Crippen molar-refractivity contribution in [2.24, 2.45) is 0 Å². The Morgan fingerprint density at radius 2 is 2.05 bits per heavy atom. The van der Waals surface area contributed by atoms with Crippen LogP contribution in [0.3, 0.4) is 0 Å². The topological polar surface area (TPSA) is 49.4 Å². The van der Waals surface area contributed by atoms with Gasteiger partial charge in [-0.25, -0.2) is 8.42 Å². The fourth-order valence-electron chi connectivity index (χ4n) is 2.53. The molecule has 2 rings (SSSR count). The number of rotatable bonds is 4. The van der Waals surface area contributed by atoms with E-state index in [0.29, 0.717) is 6.54 Å². The van der Waals surface area contributed by atoms with Crippen LogP contribution in [0.4, 0.5) is 0 Å². The molecule has 1 heterocycles. The van der Waals surface area contributed by atoms with Gasteiger partial charge >= 0.3 is 0 Å². The number of nitrogens with zero attached hydrogens (tertiary/aromatic N) is 1. The first kappa shape index (κ1) is 14.5. The van der Waals surface area contributed by atoms with Gasteiger partial charge in [-0.1, -0.05) is 37.3 Å². The van der Waals surface area contributed by atoms with Crippen molar-refractivity contribution in [2.75, 3.05) is 25.4 Å². The Hall–Kier alpha value is -0.910. The Bertz CT molecular complexity index is 501. The van der Waals surface area contributed by atoms with Gasteiger partial charge in [-0.2, -0.15) is 4.31 Å². The highest BCUT2D eigenvalue weighted by Crippen LogP contribution is 2.20. The second-order valence-corrected chi connectivity index (χ2v) is 7.22. The standard InChI is InChI=1S/C14H22N2O2S/c1-12(14-6-4-3-5-7-14)11-19(17,18)16-9-8-15-10-13(16)2/h3-7,12-13,15H,8-11H2,1-2H3/t12?,13-/m1/s1. The quantitative estimate of drug-likeness (QED) is 0.908. The number of hydrogen-bond donors (Lipinski definition) is 1. The molecule has 0 aliphatic carbocycles. The van der Waals surface area contributed by atoms with Crippen molar-refractivity contribution < 1.29 is 8.42 Å². The molecule has 2 atom stereocenters. The molecule has 106 valence electrons. The number of piperazine rings is 1. The minimum Gasteiger partial charge on any atom is -0.314 e. The van der Waals surface area contributed by atoms with Crippen LogP contribution < -0.4 is 5.32 Å². The Morgan fingerprint density at radius 1 is 1.37 bits per heavy atom. The van der Waals surface area contributed by atoms with Crippen molar-refractivity contribution in [3.05, 3.63) is 35.9 Å². The zero-order valence-electron chi connectivity index (χ0n) is 11.5. The van der Waals surface area contributed by atoms with E-state index in [9.17, 15) is 8.42 Å². The summed E-state index contributed by atoms with van der Waals surface area (Å²) in [4.78, 5) is 0. The lowest BCUT2D eigenvalue weighted by molar-refractivity contribution is 0.283.